The first-order chi connectivity index (χ1) is 16.5. The fourth-order valence-corrected chi connectivity index (χ4v) is 5.73. The number of halogens is 2. The highest BCUT2D eigenvalue weighted by Crippen LogP contribution is 2.32. The molecule has 1 amide bonds. The molecule has 0 radical (unpaired) electrons. The summed E-state index contributed by atoms with van der Waals surface area (Å²) in [6, 6.07) is 7.72. The van der Waals surface area contributed by atoms with Gasteiger partial charge < -0.3 is 4.90 Å². The molecule has 3 aromatic rings. The fraction of sp³-hybridized carbons (Fsp3) is 0.417. The quantitative estimate of drug-likeness (QED) is 0.367. The predicted molar refractivity (Wildman–Crippen MR) is 136 cm³/mol. The van der Waals surface area contributed by atoms with Gasteiger partial charge in [0, 0.05) is 31.8 Å². The van der Waals surface area contributed by atoms with Crippen molar-refractivity contribution >= 4 is 42.6 Å². The lowest BCUT2D eigenvalue weighted by molar-refractivity contribution is 0.0986. The van der Waals surface area contributed by atoms with Gasteiger partial charge in [-0.3, -0.25) is 9.69 Å². The summed E-state index contributed by atoms with van der Waals surface area (Å²) >= 11 is 1.03. The van der Waals surface area contributed by atoms with E-state index < -0.39 is 27.6 Å². The molecule has 0 spiro atoms. The topological polar surface area (TPSA) is 73.8 Å². The van der Waals surface area contributed by atoms with Gasteiger partial charge in [0.25, 0.3) is 5.91 Å². The zero-order chi connectivity index (χ0) is 25.8. The smallest absolute Gasteiger partial charge is 0.260 e. The Morgan fingerprint density at radius 1 is 1.00 bits per heavy atom. The number of benzene rings is 2. The average Bonchev–Trinajstić information content (AvgIpc) is 3.23. The number of hydrogen-bond donors (Lipinski definition) is 0. The molecule has 0 aliphatic rings. The molecule has 0 fully saturated rings. The van der Waals surface area contributed by atoms with Crippen molar-refractivity contribution in [3.05, 3.63) is 53.6 Å². The van der Waals surface area contributed by atoms with Crippen LogP contribution >= 0.6 is 11.3 Å². The number of sulfonamides is 1. The molecule has 1 heterocycles. The van der Waals surface area contributed by atoms with E-state index in [1.54, 1.807) is 0 Å². The Balaban J connectivity index is 1.91. The van der Waals surface area contributed by atoms with Crippen LogP contribution in [-0.2, 0) is 10.0 Å². The molecule has 0 N–H and O–H groups in total. The van der Waals surface area contributed by atoms with Crippen LogP contribution in [0.1, 0.15) is 36.5 Å². The lowest BCUT2D eigenvalue weighted by Crippen LogP contribution is -2.33. The van der Waals surface area contributed by atoms with Gasteiger partial charge in [-0.05, 0) is 63.8 Å². The number of nitrogens with zero attached hydrogens (tertiary/aromatic N) is 4. The second kappa shape index (κ2) is 11.5. The first-order valence-corrected chi connectivity index (χ1v) is 13.6. The van der Waals surface area contributed by atoms with Crippen LogP contribution in [0.3, 0.4) is 0 Å². The van der Waals surface area contributed by atoms with E-state index in [4.69, 9.17) is 0 Å². The minimum absolute atomic E-state index is 0.00775. The SMILES string of the molecule is CCCCN(C)S(=O)(=O)c1ccc(C(=O)N(CCCN(C)C)c2nc3c(F)cc(F)cc3s2)cc1. The van der Waals surface area contributed by atoms with Gasteiger partial charge in [-0.2, -0.15) is 0 Å². The Labute approximate surface area is 209 Å². The number of anilines is 1. The van der Waals surface area contributed by atoms with Gasteiger partial charge in [-0.1, -0.05) is 24.7 Å². The molecule has 0 aliphatic heterocycles. The van der Waals surface area contributed by atoms with Gasteiger partial charge in [0.05, 0.1) is 9.60 Å². The van der Waals surface area contributed by atoms with Gasteiger partial charge in [-0.25, -0.2) is 26.5 Å². The molecular formula is C24H30F2N4O3S2. The van der Waals surface area contributed by atoms with E-state index in [-0.39, 0.29) is 21.1 Å². The number of hydrogen-bond acceptors (Lipinski definition) is 6. The number of unbranched alkanes of at least 4 members (excludes halogenated alkanes) is 1. The zero-order valence-electron chi connectivity index (χ0n) is 20.3. The van der Waals surface area contributed by atoms with E-state index in [0.717, 1.165) is 30.2 Å². The highest BCUT2D eigenvalue weighted by atomic mass is 32.2. The molecule has 0 atom stereocenters. The van der Waals surface area contributed by atoms with Crippen LogP contribution < -0.4 is 4.90 Å². The van der Waals surface area contributed by atoms with E-state index in [1.165, 1.54) is 46.6 Å². The van der Waals surface area contributed by atoms with Gasteiger partial charge in [0.2, 0.25) is 10.0 Å². The molecule has 3 rings (SSSR count). The Kier molecular flexibility index (Phi) is 8.92. The number of carbonyl (C=O) groups excluding carboxylic acids is 1. The molecule has 0 saturated heterocycles. The van der Waals surface area contributed by atoms with Crippen LogP contribution in [0.25, 0.3) is 10.2 Å². The maximum Gasteiger partial charge on any atom is 0.260 e. The first-order valence-electron chi connectivity index (χ1n) is 11.3. The monoisotopic (exact) mass is 524 g/mol. The van der Waals surface area contributed by atoms with E-state index in [1.807, 2.05) is 25.9 Å². The Morgan fingerprint density at radius 2 is 1.69 bits per heavy atom. The van der Waals surface area contributed by atoms with Crippen LogP contribution in [0.4, 0.5) is 13.9 Å². The van der Waals surface area contributed by atoms with E-state index in [2.05, 4.69) is 4.98 Å². The second-order valence-electron chi connectivity index (χ2n) is 8.55. The van der Waals surface area contributed by atoms with Crippen LogP contribution in [0.15, 0.2) is 41.3 Å². The van der Waals surface area contributed by atoms with Gasteiger partial charge in [0.1, 0.15) is 11.3 Å². The summed E-state index contributed by atoms with van der Waals surface area (Å²) in [5.74, 6) is -1.90. The molecule has 0 saturated carbocycles. The molecule has 2 aromatic carbocycles. The van der Waals surface area contributed by atoms with Gasteiger partial charge in [0.15, 0.2) is 10.9 Å². The third kappa shape index (κ3) is 6.40. The summed E-state index contributed by atoms with van der Waals surface area (Å²) in [4.78, 5) is 21.2. The van der Waals surface area contributed by atoms with Crippen molar-refractivity contribution in [3.63, 3.8) is 0 Å². The molecule has 0 aliphatic carbocycles. The van der Waals surface area contributed by atoms with Crippen molar-refractivity contribution in [1.82, 2.24) is 14.2 Å². The van der Waals surface area contributed by atoms with Crippen molar-refractivity contribution in [2.45, 2.75) is 31.1 Å². The number of fused-ring (bicyclic) bond motifs is 1. The number of carbonyl (C=O) groups is 1. The highest BCUT2D eigenvalue weighted by molar-refractivity contribution is 7.89. The third-order valence-corrected chi connectivity index (χ3v) is 8.40. The van der Waals surface area contributed by atoms with E-state index in [0.29, 0.717) is 30.8 Å². The number of aromatic nitrogens is 1. The number of rotatable bonds is 11. The molecule has 0 bridgehead atoms. The summed E-state index contributed by atoms with van der Waals surface area (Å²) in [6.45, 7) is 3.41. The van der Waals surface area contributed by atoms with Crippen LogP contribution in [0, 0.1) is 11.6 Å². The average molecular weight is 525 g/mol. The summed E-state index contributed by atoms with van der Waals surface area (Å²) in [6.07, 6.45) is 2.25. The maximum absolute atomic E-state index is 14.2. The van der Waals surface area contributed by atoms with Gasteiger partial charge >= 0.3 is 0 Å². The summed E-state index contributed by atoms with van der Waals surface area (Å²) < 4.78 is 55.1. The van der Waals surface area contributed by atoms with Crippen LogP contribution in [0.2, 0.25) is 0 Å². The highest BCUT2D eigenvalue weighted by Gasteiger charge is 2.24. The van der Waals surface area contributed by atoms with E-state index >= 15 is 0 Å². The second-order valence-corrected chi connectivity index (χ2v) is 11.6. The molecule has 7 nitrogen and oxygen atoms in total. The first kappa shape index (κ1) is 27.1. The van der Waals surface area contributed by atoms with E-state index in [9.17, 15) is 22.0 Å². The third-order valence-electron chi connectivity index (χ3n) is 5.50. The minimum Gasteiger partial charge on any atom is -0.309 e. The Bertz CT molecular complexity index is 1280. The minimum atomic E-state index is -3.66. The fourth-order valence-electron chi connectivity index (χ4n) is 3.50. The zero-order valence-corrected chi connectivity index (χ0v) is 21.9. The van der Waals surface area contributed by atoms with Crippen LogP contribution in [0.5, 0.6) is 0 Å². The largest absolute Gasteiger partial charge is 0.309 e. The lowest BCUT2D eigenvalue weighted by Gasteiger charge is -2.21. The number of amides is 1. The summed E-state index contributed by atoms with van der Waals surface area (Å²) in [7, 11) is 1.70. The van der Waals surface area contributed by atoms with Crippen molar-refractivity contribution in [2.24, 2.45) is 0 Å². The number of thiazole rings is 1. The molecule has 35 heavy (non-hydrogen) atoms. The summed E-state index contributed by atoms with van der Waals surface area (Å²) in [5.41, 5.74) is 0.282. The Morgan fingerprint density at radius 3 is 2.31 bits per heavy atom. The van der Waals surface area contributed by atoms with Crippen molar-refractivity contribution in [3.8, 4) is 0 Å². The van der Waals surface area contributed by atoms with Crippen molar-refractivity contribution in [2.75, 3.05) is 45.7 Å². The molecule has 0 unspecified atom stereocenters. The normalized spacial score (nSPS) is 12.1. The molecule has 1 aromatic heterocycles. The maximum atomic E-state index is 14.2. The van der Waals surface area contributed by atoms with Crippen LogP contribution in [-0.4, -0.2) is 69.3 Å². The Hall–Kier alpha value is -2.47. The lowest BCUT2D eigenvalue weighted by atomic mass is 10.2. The van der Waals surface area contributed by atoms with Crippen molar-refractivity contribution < 1.29 is 22.0 Å². The van der Waals surface area contributed by atoms with Gasteiger partial charge in [-0.15, -0.1) is 0 Å². The summed E-state index contributed by atoms with van der Waals surface area (Å²) in [5, 5.41) is 0.254. The molecule has 11 heteroatoms. The van der Waals surface area contributed by atoms with Crippen molar-refractivity contribution in [1.29, 1.82) is 0 Å². The standard InChI is InChI=1S/C24H30F2N4O3S2/c1-5-6-13-29(4)35(32,33)19-10-8-17(9-11-19)23(31)30(14-7-12-28(2)3)24-27-22-20(26)15-18(25)16-21(22)34-24/h8-11,15-16H,5-7,12-14H2,1-4H3. The molecular weight excluding hydrogens is 494 g/mol. The molecule has 190 valence electrons. The predicted octanol–water partition coefficient (Wildman–Crippen LogP) is 4.59.